The fourth-order valence-electron chi connectivity index (χ4n) is 2.30. The lowest BCUT2D eigenvalue weighted by atomic mass is 9.87. The molecule has 0 aliphatic rings. The quantitative estimate of drug-likeness (QED) is 0.561. The van der Waals surface area contributed by atoms with E-state index in [1.807, 2.05) is 49.0 Å². The molecule has 20 heavy (non-hydrogen) atoms. The third kappa shape index (κ3) is 4.25. The average Bonchev–Trinajstić information content (AvgIpc) is 2.50. The molecule has 1 N–H and O–H groups in total. The predicted octanol–water partition coefficient (Wildman–Crippen LogP) is 3.20. The fraction of sp³-hybridized carbons (Fsp3) is 0.562. The topological polar surface area (TPSA) is 38.3 Å². The van der Waals surface area contributed by atoms with Crippen molar-refractivity contribution in [2.75, 3.05) is 25.2 Å². The number of hydrogen-bond donors (Lipinski definition) is 1. The molecule has 0 aliphatic carbocycles. The smallest absolute Gasteiger partial charge is 0.330 e. The van der Waals surface area contributed by atoms with Crippen molar-refractivity contribution in [2.45, 2.75) is 32.2 Å². The summed E-state index contributed by atoms with van der Waals surface area (Å²) in [5, 5.41) is 3.35. The second-order valence-corrected chi connectivity index (χ2v) is 5.88. The Morgan fingerprint density at radius 2 is 1.95 bits per heavy atom. The third-order valence-corrected chi connectivity index (χ3v) is 4.44. The Morgan fingerprint density at radius 1 is 1.25 bits per heavy atom. The number of hydrogen-bond acceptors (Lipinski definition) is 4. The first-order chi connectivity index (χ1) is 9.71. The largest absolute Gasteiger partial charge is 0.467 e. The monoisotopic (exact) mass is 295 g/mol. The highest BCUT2D eigenvalue weighted by molar-refractivity contribution is 7.99. The molecule has 0 aromatic heterocycles. The van der Waals surface area contributed by atoms with E-state index >= 15 is 0 Å². The van der Waals surface area contributed by atoms with Crippen LogP contribution in [0.4, 0.5) is 0 Å². The molecular formula is C16H25NO2S. The molecule has 0 amide bonds. The molecule has 1 aromatic rings. The van der Waals surface area contributed by atoms with E-state index in [9.17, 15) is 4.79 Å². The minimum atomic E-state index is -0.731. The van der Waals surface area contributed by atoms with Crippen LogP contribution in [0.3, 0.4) is 0 Å². The van der Waals surface area contributed by atoms with E-state index in [4.69, 9.17) is 4.74 Å². The van der Waals surface area contributed by atoms with Crippen LogP contribution in [0.15, 0.2) is 30.3 Å². The number of carbonyl (C=O) groups is 1. The number of carbonyl (C=O) groups excluding carboxylic acids is 1. The molecule has 0 saturated carbocycles. The van der Waals surface area contributed by atoms with E-state index in [1.165, 1.54) is 7.11 Å². The minimum absolute atomic E-state index is 0.206. The van der Waals surface area contributed by atoms with E-state index in [1.54, 1.807) is 0 Å². The molecule has 1 aromatic carbocycles. The number of nitrogens with one attached hydrogen (secondary N) is 1. The second-order valence-electron chi connectivity index (χ2n) is 4.66. The van der Waals surface area contributed by atoms with Gasteiger partial charge in [0, 0.05) is 0 Å². The van der Waals surface area contributed by atoms with Gasteiger partial charge in [0.2, 0.25) is 0 Å². The number of rotatable bonds is 9. The number of ether oxygens (including phenoxy) is 1. The van der Waals surface area contributed by atoms with Gasteiger partial charge in [-0.25, -0.2) is 4.79 Å². The molecule has 1 atom stereocenters. The summed E-state index contributed by atoms with van der Waals surface area (Å²) in [7, 11) is 1.45. The van der Waals surface area contributed by atoms with E-state index in [0.29, 0.717) is 0 Å². The van der Waals surface area contributed by atoms with Crippen LogP contribution in [0.2, 0.25) is 0 Å². The van der Waals surface area contributed by atoms with Gasteiger partial charge in [0.25, 0.3) is 0 Å². The van der Waals surface area contributed by atoms with Crippen LogP contribution in [0.1, 0.15) is 32.3 Å². The SMILES string of the molecule is CCCSCCC(NCC)(C(=O)OC)c1ccccc1. The first-order valence-corrected chi connectivity index (χ1v) is 8.33. The molecule has 0 fully saturated rings. The van der Waals surface area contributed by atoms with Gasteiger partial charge < -0.3 is 4.74 Å². The third-order valence-electron chi connectivity index (χ3n) is 3.25. The van der Waals surface area contributed by atoms with Crippen LogP contribution in [0, 0.1) is 0 Å². The zero-order chi connectivity index (χ0) is 14.8. The molecule has 0 radical (unpaired) electrons. The first kappa shape index (κ1) is 17.1. The summed E-state index contributed by atoms with van der Waals surface area (Å²) in [6.07, 6.45) is 1.89. The van der Waals surface area contributed by atoms with Gasteiger partial charge in [0.05, 0.1) is 7.11 Å². The lowest BCUT2D eigenvalue weighted by Crippen LogP contribution is -2.50. The molecule has 1 unspecified atom stereocenters. The first-order valence-electron chi connectivity index (χ1n) is 7.18. The zero-order valence-electron chi connectivity index (χ0n) is 12.6. The van der Waals surface area contributed by atoms with Crippen molar-refractivity contribution < 1.29 is 9.53 Å². The van der Waals surface area contributed by atoms with E-state index in [2.05, 4.69) is 12.2 Å². The number of methoxy groups -OCH3 is 1. The summed E-state index contributed by atoms with van der Waals surface area (Å²) in [4.78, 5) is 12.4. The number of esters is 1. The molecule has 0 spiro atoms. The summed E-state index contributed by atoms with van der Waals surface area (Å²) < 4.78 is 5.07. The summed E-state index contributed by atoms with van der Waals surface area (Å²) in [6.45, 7) is 4.91. The number of thioether (sulfide) groups is 1. The van der Waals surface area contributed by atoms with E-state index in [0.717, 1.165) is 36.5 Å². The van der Waals surface area contributed by atoms with Crippen LogP contribution < -0.4 is 5.32 Å². The van der Waals surface area contributed by atoms with Crippen molar-refractivity contribution in [3.63, 3.8) is 0 Å². The van der Waals surface area contributed by atoms with Gasteiger partial charge in [0.15, 0.2) is 0 Å². The summed E-state index contributed by atoms with van der Waals surface area (Å²) in [5.41, 5.74) is 0.247. The highest BCUT2D eigenvalue weighted by Crippen LogP contribution is 2.28. The van der Waals surface area contributed by atoms with Gasteiger partial charge >= 0.3 is 5.97 Å². The van der Waals surface area contributed by atoms with Gasteiger partial charge in [-0.05, 0) is 36.5 Å². The van der Waals surface area contributed by atoms with Crippen LogP contribution in [-0.4, -0.2) is 31.1 Å². The number of likely N-dealkylation sites (N-methyl/N-ethyl adjacent to an activating group) is 1. The molecular weight excluding hydrogens is 270 g/mol. The van der Waals surface area contributed by atoms with E-state index < -0.39 is 5.54 Å². The predicted molar refractivity (Wildman–Crippen MR) is 86.0 cm³/mol. The van der Waals surface area contributed by atoms with Crippen LogP contribution in [0.5, 0.6) is 0 Å². The summed E-state index contributed by atoms with van der Waals surface area (Å²) >= 11 is 1.88. The van der Waals surface area contributed by atoms with Crippen LogP contribution in [-0.2, 0) is 15.1 Å². The van der Waals surface area contributed by atoms with Crippen molar-refractivity contribution in [2.24, 2.45) is 0 Å². The normalized spacial score (nSPS) is 13.8. The minimum Gasteiger partial charge on any atom is -0.467 e. The van der Waals surface area contributed by atoms with Crippen LogP contribution >= 0.6 is 11.8 Å². The molecule has 4 heteroatoms. The Bertz CT molecular complexity index is 397. The Hall–Kier alpha value is -1.00. The molecule has 0 bridgehead atoms. The van der Waals surface area contributed by atoms with Crippen molar-refractivity contribution in [3.05, 3.63) is 35.9 Å². The Balaban J connectivity index is 2.98. The summed E-state index contributed by atoms with van der Waals surface area (Å²) in [5.74, 6) is 1.85. The lowest BCUT2D eigenvalue weighted by molar-refractivity contribution is -0.149. The Morgan fingerprint density at radius 3 is 2.50 bits per heavy atom. The van der Waals surface area contributed by atoms with Gasteiger partial charge in [-0.1, -0.05) is 44.2 Å². The lowest BCUT2D eigenvalue weighted by Gasteiger charge is -2.32. The fourth-order valence-corrected chi connectivity index (χ4v) is 3.24. The van der Waals surface area contributed by atoms with Gasteiger partial charge in [0.1, 0.15) is 5.54 Å². The van der Waals surface area contributed by atoms with Crippen molar-refractivity contribution >= 4 is 17.7 Å². The Labute approximate surface area is 126 Å². The zero-order valence-corrected chi connectivity index (χ0v) is 13.5. The molecule has 3 nitrogen and oxygen atoms in total. The molecule has 0 saturated heterocycles. The maximum Gasteiger partial charge on any atom is 0.330 e. The molecule has 112 valence electrons. The molecule has 1 rings (SSSR count). The summed E-state index contributed by atoms with van der Waals surface area (Å²) in [6, 6.07) is 9.87. The highest BCUT2D eigenvalue weighted by Gasteiger charge is 2.40. The standard InChI is InChI=1S/C16H25NO2S/c1-4-12-20-13-11-16(17-5-2,15(18)19-3)14-9-7-6-8-10-14/h6-10,17H,4-5,11-13H2,1-3H3. The van der Waals surface area contributed by atoms with E-state index in [-0.39, 0.29) is 5.97 Å². The highest BCUT2D eigenvalue weighted by atomic mass is 32.2. The number of benzene rings is 1. The van der Waals surface area contributed by atoms with Crippen molar-refractivity contribution in [1.29, 1.82) is 0 Å². The van der Waals surface area contributed by atoms with Gasteiger partial charge in [-0.15, -0.1) is 0 Å². The average molecular weight is 295 g/mol. The second kappa shape index (κ2) is 9.03. The van der Waals surface area contributed by atoms with Gasteiger partial charge in [-0.3, -0.25) is 5.32 Å². The van der Waals surface area contributed by atoms with Crippen LogP contribution in [0.25, 0.3) is 0 Å². The van der Waals surface area contributed by atoms with Crippen molar-refractivity contribution in [3.8, 4) is 0 Å². The maximum atomic E-state index is 12.4. The van der Waals surface area contributed by atoms with Crippen molar-refractivity contribution in [1.82, 2.24) is 5.32 Å². The Kier molecular flexibility index (Phi) is 7.70. The van der Waals surface area contributed by atoms with Gasteiger partial charge in [-0.2, -0.15) is 11.8 Å². The maximum absolute atomic E-state index is 12.4. The molecule has 0 aliphatic heterocycles. The molecule has 0 heterocycles.